The van der Waals surface area contributed by atoms with Gasteiger partial charge in [0.05, 0.1) is 0 Å². The third-order valence-electron chi connectivity index (χ3n) is 0.915. The highest BCUT2D eigenvalue weighted by atomic mass is 35.5. The largest absolute Gasteiger partial charge is 0.410 e. The van der Waals surface area contributed by atoms with Crippen molar-refractivity contribution in [2.24, 2.45) is 0 Å². The molecule has 0 fully saturated rings. The zero-order valence-electron chi connectivity index (χ0n) is 5.25. The highest BCUT2D eigenvalue weighted by Crippen LogP contribution is 2.13. The molecule has 0 unspecified atom stereocenters. The van der Waals surface area contributed by atoms with E-state index in [2.05, 4.69) is 9.72 Å². The Morgan fingerprint density at radius 1 is 1.73 bits per heavy atom. The Morgan fingerprint density at radius 3 is 3.00 bits per heavy atom. The van der Waals surface area contributed by atoms with Crippen molar-refractivity contribution in [1.82, 2.24) is 4.98 Å². The van der Waals surface area contributed by atoms with Crippen LogP contribution in [-0.2, 0) is 0 Å². The van der Waals surface area contributed by atoms with Crippen molar-refractivity contribution in [1.29, 1.82) is 0 Å². The van der Waals surface area contributed by atoms with Gasteiger partial charge >= 0.3 is 5.43 Å². The van der Waals surface area contributed by atoms with E-state index in [4.69, 9.17) is 11.6 Å². The second-order valence-corrected chi connectivity index (χ2v) is 1.94. The Balaban J connectivity index is 2.86. The second kappa shape index (κ2) is 3.30. The van der Waals surface area contributed by atoms with Crippen molar-refractivity contribution < 1.29 is 13.9 Å². The molecular formula is C6H3ClFNO2. The molecular weight excluding hydrogens is 173 g/mol. The molecule has 0 amide bonds. The van der Waals surface area contributed by atoms with Gasteiger partial charge in [-0.3, -0.25) is 0 Å². The van der Waals surface area contributed by atoms with E-state index < -0.39 is 11.4 Å². The predicted octanol–water partition coefficient (Wildman–Crippen LogP) is 1.96. The average Bonchev–Trinajstić information content (AvgIpc) is 1.93. The maximum Gasteiger partial charge on any atom is 0.409 e. The lowest BCUT2D eigenvalue weighted by Crippen LogP contribution is -1.99. The van der Waals surface area contributed by atoms with Crippen LogP contribution in [0, 0.1) is 5.95 Å². The normalized spacial score (nSPS) is 9.27. The highest BCUT2D eigenvalue weighted by Gasteiger charge is 2.05. The Kier molecular flexibility index (Phi) is 2.38. The quantitative estimate of drug-likeness (QED) is 0.484. The minimum atomic E-state index is -1.09. The molecule has 11 heavy (non-hydrogen) atoms. The van der Waals surface area contributed by atoms with Crippen LogP contribution in [0.15, 0.2) is 18.3 Å². The van der Waals surface area contributed by atoms with Gasteiger partial charge in [-0.2, -0.15) is 4.39 Å². The summed E-state index contributed by atoms with van der Waals surface area (Å²) in [6.07, 6.45) is 1.24. The molecule has 0 N–H and O–H groups in total. The van der Waals surface area contributed by atoms with Gasteiger partial charge in [0.2, 0.25) is 0 Å². The van der Waals surface area contributed by atoms with Crippen molar-refractivity contribution >= 4 is 17.0 Å². The Bertz CT molecular complexity index is 279. The Morgan fingerprint density at radius 2 is 2.45 bits per heavy atom. The summed E-state index contributed by atoms with van der Waals surface area (Å²) in [4.78, 5) is 13.3. The van der Waals surface area contributed by atoms with Crippen LogP contribution in [0.3, 0.4) is 0 Å². The average molecular weight is 176 g/mol. The van der Waals surface area contributed by atoms with Crippen LogP contribution in [0.5, 0.6) is 5.75 Å². The van der Waals surface area contributed by atoms with Crippen molar-refractivity contribution in [3.63, 3.8) is 0 Å². The SMILES string of the molecule is O=C(Cl)Oc1cccnc1F. The first-order chi connectivity index (χ1) is 5.20. The number of halogens is 2. The van der Waals surface area contributed by atoms with Crippen molar-refractivity contribution in [3.05, 3.63) is 24.3 Å². The fourth-order valence-corrected chi connectivity index (χ4v) is 0.617. The van der Waals surface area contributed by atoms with Gasteiger partial charge in [0.25, 0.3) is 5.95 Å². The summed E-state index contributed by atoms with van der Waals surface area (Å²) in [7, 11) is 0. The van der Waals surface area contributed by atoms with Crippen LogP contribution in [0.4, 0.5) is 9.18 Å². The lowest BCUT2D eigenvalue weighted by molar-refractivity contribution is 0.223. The molecule has 0 atom stereocenters. The molecule has 5 heteroatoms. The lowest BCUT2D eigenvalue weighted by atomic mass is 10.4. The molecule has 1 rings (SSSR count). The van der Waals surface area contributed by atoms with Gasteiger partial charge in [-0.1, -0.05) is 0 Å². The minimum absolute atomic E-state index is 0.271. The standard InChI is InChI=1S/C6H3ClFNO2/c7-6(10)11-4-2-1-3-9-5(4)8/h1-3H. The van der Waals surface area contributed by atoms with Gasteiger partial charge in [-0.15, -0.1) is 0 Å². The zero-order valence-corrected chi connectivity index (χ0v) is 6.01. The molecule has 0 saturated carbocycles. The molecule has 1 aromatic rings. The molecule has 0 radical (unpaired) electrons. The molecule has 58 valence electrons. The van der Waals surface area contributed by atoms with E-state index in [9.17, 15) is 9.18 Å². The number of rotatable bonds is 1. The third kappa shape index (κ3) is 2.16. The number of carbonyl (C=O) groups excluding carboxylic acids is 1. The highest BCUT2D eigenvalue weighted by molar-refractivity contribution is 6.61. The number of hydrogen-bond acceptors (Lipinski definition) is 3. The first-order valence-electron chi connectivity index (χ1n) is 2.68. The number of nitrogens with zero attached hydrogens (tertiary/aromatic N) is 1. The van der Waals surface area contributed by atoms with E-state index in [-0.39, 0.29) is 5.75 Å². The first-order valence-corrected chi connectivity index (χ1v) is 3.06. The monoisotopic (exact) mass is 175 g/mol. The van der Waals surface area contributed by atoms with Gasteiger partial charge in [-0.25, -0.2) is 9.78 Å². The Hall–Kier alpha value is -1.16. The van der Waals surface area contributed by atoms with Gasteiger partial charge < -0.3 is 4.74 Å². The molecule has 1 aromatic heterocycles. The molecule has 0 bridgehead atoms. The fraction of sp³-hybridized carbons (Fsp3) is 0. The van der Waals surface area contributed by atoms with Crippen LogP contribution in [0.1, 0.15) is 0 Å². The molecule has 0 aromatic carbocycles. The molecule has 0 saturated heterocycles. The predicted molar refractivity (Wildman–Crippen MR) is 36.1 cm³/mol. The topological polar surface area (TPSA) is 39.2 Å². The van der Waals surface area contributed by atoms with E-state index >= 15 is 0 Å². The van der Waals surface area contributed by atoms with Crippen LogP contribution in [0.25, 0.3) is 0 Å². The molecule has 3 nitrogen and oxygen atoms in total. The lowest BCUT2D eigenvalue weighted by Gasteiger charge is -1.97. The van der Waals surface area contributed by atoms with E-state index in [1.54, 1.807) is 0 Å². The van der Waals surface area contributed by atoms with E-state index in [0.717, 1.165) is 0 Å². The summed E-state index contributed by atoms with van der Waals surface area (Å²) in [5.41, 5.74) is -1.09. The first kappa shape index (κ1) is 7.94. The van der Waals surface area contributed by atoms with E-state index in [1.165, 1.54) is 18.3 Å². The summed E-state index contributed by atoms with van der Waals surface area (Å²) in [6, 6.07) is 2.68. The van der Waals surface area contributed by atoms with Crippen LogP contribution in [-0.4, -0.2) is 10.4 Å². The van der Waals surface area contributed by atoms with Gasteiger partial charge in [-0.05, 0) is 12.1 Å². The van der Waals surface area contributed by atoms with Crippen LogP contribution < -0.4 is 4.74 Å². The minimum Gasteiger partial charge on any atom is -0.410 e. The maximum absolute atomic E-state index is 12.5. The summed E-state index contributed by atoms with van der Waals surface area (Å²) < 4.78 is 16.7. The summed E-state index contributed by atoms with van der Waals surface area (Å²) >= 11 is 4.83. The maximum atomic E-state index is 12.5. The zero-order chi connectivity index (χ0) is 8.27. The van der Waals surface area contributed by atoms with E-state index in [1.807, 2.05) is 0 Å². The van der Waals surface area contributed by atoms with Crippen molar-refractivity contribution in [2.45, 2.75) is 0 Å². The van der Waals surface area contributed by atoms with Crippen LogP contribution in [0.2, 0.25) is 0 Å². The van der Waals surface area contributed by atoms with E-state index in [0.29, 0.717) is 0 Å². The van der Waals surface area contributed by atoms with Gasteiger partial charge in [0, 0.05) is 17.8 Å². The smallest absolute Gasteiger partial charge is 0.409 e. The van der Waals surface area contributed by atoms with Crippen LogP contribution >= 0.6 is 11.6 Å². The molecule has 0 aliphatic heterocycles. The number of carbonyl (C=O) groups is 1. The third-order valence-corrected chi connectivity index (χ3v) is 0.992. The summed E-state index contributed by atoms with van der Waals surface area (Å²) in [5, 5.41) is 0. The second-order valence-electron chi connectivity index (χ2n) is 1.63. The van der Waals surface area contributed by atoms with Gasteiger partial charge in [0.15, 0.2) is 5.75 Å². The number of ether oxygens (including phenoxy) is 1. The van der Waals surface area contributed by atoms with Crippen molar-refractivity contribution in [2.75, 3.05) is 0 Å². The number of aromatic nitrogens is 1. The fourth-order valence-electron chi connectivity index (χ4n) is 0.534. The molecule has 0 spiro atoms. The number of hydrogen-bond donors (Lipinski definition) is 0. The Labute approximate surface area is 66.8 Å². The molecule has 0 aliphatic rings. The van der Waals surface area contributed by atoms with Gasteiger partial charge in [0.1, 0.15) is 0 Å². The summed E-state index contributed by atoms with van der Waals surface area (Å²) in [5.74, 6) is -1.13. The number of pyridine rings is 1. The molecule has 1 heterocycles. The molecule has 0 aliphatic carbocycles. The summed E-state index contributed by atoms with van der Waals surface area (Å²) in [6.45, 7) is 0. The van der Waals surface area contributed by atoms with Crippen molar-refractivity contribution in [3.8, 4) is 5.75 Å².